The highest BCUT2D eigenvalue weighted by molar-refractivity contribution is 7.15. The van der Waals surface area contributed by atoms with Crippen molar-refractivity contribution >= 4 is 22.9 Å². The molecule has 1 nitrogen and oxygen atoms in total. The molecule has 0 aliphatic heterocycles. The maximum absolute atomic E-state index is 13.1. The summed E-state index contributed by atoms with van der Waals surface area (Å²) in [6.07, 6.45) is 2.26. The summed E-state index contributed by atoms with van der Waals surface area (Å²) in [5.74, 6) is -0.299. The number of halogens is 2. The van der Waals surface area contributed by atoms with E-state index in [0.29, 0.717) is 11.1 Å². The molecular formula is C16H19ClFNS. The zero-order valence-electron chi connectivity index (χ0n) is 11.7. The fourth-order valence-electron chi connectivity index (χ4n) is 2.25. The van der Waals surface area contributed by atoms with Gasteiger partial charge >= 0.3 is 0 Å². The molecule has 2 aromatic rings. The first-order chi connectivity index (χ1) is 9.65. The van der Waals surface area contributed by atoms with E-state index in [-0.39, 0.29) is 5.82 Å². The van der Waals surface area contributed by atoms with Crippen LogP contribution in [0.4, 0.5) is 4.39 Å². The first kappa shape index (κ1) is 15.5. The Labute approximate surface area is 128 Å². The van der Waals surface area contributed by atoms with Crippen LogP contribution in [-0.2, 0) is 0 Å². The molecule has 20 heavy (non-hydrogen) atoms. The van der Waals surface area contributed by atoms with Crippen LogP contribution in [-0.4, -0.2) is 6.54 Å². The van der Waals surface area contributed by atoms with Crippen molar-refractivity contribution in [3.05, 3.63) is 46.0 Å². The molecule has 1 N–H and O–H groups in total. The maximum Gasteiger partial charge on any atom is 0.124 e. The van der Waals surface area contributed by atoms with E-state index in [9.17, 15) is 4.39 Å². The molecule has 2 rings (SSSR count). The largest absolute Gasteiger partial charge is 0.310 e. The third-order valence-corrected chi connectivity index (χ3v) is 4.74. The van der Waals surface area contributed by atoms with Gasteiger partial charge in [0.05, 0.1) is 5.02 Å². The maximum atomic E-state index is 13.1. The molecule has 1 aromatic carbocycles. The quantitative estimate of drug-likeness (QED) is 0.726. The van der Waals surface area contributed by atoms with Crippen molar-refractivity contribution in [2.75, 3.05) is 6.54 Å². The second-order valence-electron chi connectivity index (χ2n) is 4.73. The fourth-order valence-corrected chi connectivity index (χ4v) is 3.74. The van der Waals surface area contributed by atoms with Crippen LogP contribution in [0.25, 0.3) is 10.4 Å². The number of nitrogens with one attached hydrogen (secondary N) is 1. The van der Waals surface area contributed by atoms with E-state index in [1.54, 1.807) is 17.4 Å². The molecule has 108 valence electrons. The molecule has 1 unspecified atom stereocenters. The Bertz CT molecular complexity index is 561. The van der Waals surface area contributed by atoms with Crippen molar-refractivity contribution in [1.82, 2.24) is 5.32 Å². The van der Waals surface area contributed by atoms with Gasteiger partial charge in [0.25, 0.3) is 0 Å². The Morgan fingerprint density at radius 3 is 2.70 bits per heavy atom. The van der Waals surface area contributed by atoms with Gasteiger partial charge < -0.3 is 5.32 Å². The van der Waals surface area contributed by atoms with E-state index in [0.717, 1.165) is 29.8 Å². The summed E-state index contributed by atoms with van der Waals surface area (Å²) < 4.78 is 13.1. The van der Waals surface area contributed by atoms with Crippen LogP contribution in [0.15, 0.2) is 30.3 Å². The summed E-state index contributed by atoms with van der Waals surface area (Å²) in [7, 11) is 0. The normalized spacial score (nSPS) is 12.6. The summed E-state index contributed by atoms with van der Waals surface area (Å²) in [6.45, 7) is 5.26. The van der Waals surface area contributed by atoms with Gasteiger partial charge in [-0.1, -0.05) is 31.9 Å². The number of hydrogen-bond acceptors (Lipinski definition) is 2. The second-order valence-corrected chi connectivity index (χ2v) is 6.25. The zero-order valence-corrected chi connectivity index (χ0v) is 13.3. The third kappa shape index (κ3) is 3.60. The lowest BCUT2D eigenvalue weighted by Crippen LogP contribution is -2.19. The molecule has 0 aliphatic rings. The third-order valence-electron chi connectivity index (χ3n) is 3.19. The van der Waals surface area contributed by atoms with Crippen molar-refractivity contribution in [1.29, 1.82) is 0 Å². The standard InChI is InChI=1S/C16H19ClFNS/c1-3-5-14(19-4-2)16-9-8-15(20-16)12-7-6-11(18)10-13(12)17/h6-10,14,19H,3-5H2,1-2H3. The molecule has 0 saturated carbocycles. The molecule has 4 heteroatoms. The molecule has 1 aromatic heterocycles. The highest BCUT2D eigenvalue weighted by Crippen LogP contribution is 2.36. The van der Waals surface area contributed by atoms with Gasteiger partial charge in [-0.25, -0.2) is 4.39 Å². The Morgan fingerprint density at radius 2 is 2.05 bits per heavy atom. The lowest BCUT2D eigenvalue weighted by atomic mass is 10.1. The zero-order chi connectivity index (χ0) is 14.5. The Morgan fingerprint density at radius 1 is 1.25 bits per heavy atom. The van der Waals surface area contributed by atoms with Crippen LogP contribution < -0.4 is 5.32 Å². The van der Waals surface area contributed by atoms with E-state index in [4.69, 9.17) is 11.6 Å². The van der Waals surface area contributed by atoms with Gasteiger partial charge in [-0.3, -0.25) is 0 Å². The molecular weight excluding hydrogens is 293 g/mol. The smallest absolute Gasteiger partial charge is 0.124 e. The first-order valence-electron chi connectivity index (χ1n) is 6.94. The number of rotatable bonds is 6. The van der Waals surface area contributed by atoms with E-state index in [2.05, 4.69) is 31.3 Å². The summed E-state index contributed by atoms with van der Waals surface area (Å²) in [5, 5.41) is 3.97. The van der Waals surface area contributed by atoms with Gasteiger partial charge in [0, 0.05) is 21.4 Å². The van der Waals surface area contributed by atoms with Crippen molar-refractivity contribution in [2.45, 2.75) is 32.7 Å². The number of hydrogen-bond donors (Lipinski definition) is 1. The van der Waals surface area contributed by atoms with Crippen molar-refractivity contribution in [2.24, 2.45) is 0 Å². The van der Waals surface area contributed by atoms with E-state index in [1.165, 1.54) is 17.0 Å². The van der Waals surface area contributed by atoms with Crippen molar-refractivity contribution < 1.29 is 4.39 Å². The summed E-state index contributed by atoms with van der Waals surface area (Å²) in [5.41, 5.74) is 0.899. The van der Waals surface area contributed by atoms with Crippen LogP contribution in [0.2, 0.25) is 5.02 Å². The summed E-state index contributed by atoms with van der Waals surface area (Å²) >= 11 is 7.85. The number of benzene rings is 1. The van der Waals surface area contributed by atoms with Gasteiger partial charge in [-0.2, -0.15) is 0 Å². The van der Waals surface area contributed by atoms with Crippen LogP contribution >= 0.6 is 22.9 Å². The van der Waals surface area contributed by atoms with Crippen LogP contribution in [0.3, 0.4) is 0 Å². The minimum Gasteiger partial charge on any atom is -0.310 e. The second kappa shape index (κ2) is 7.21. The van der Waals surface area contributed by atoms with E-state index < -0.39 is 0 Å². The molecule has 0 amide bonds. The monoisotopic (exact) mass is 311 g/mol. The predicted octanol–water partition coefficient (Wildman–Crippen LogP) is 5.66. The molecule has 0 spiro atoms. The van der Waals surface area contributed by atoms with Crippen LogP contribution in [0.1, 0.15) is 37.6 Å². The van der Waals surface area contributed by atoms with Crippen LogP contribution in [0.5, 0.6) is 0 Å². The van der Waals surface area contributed by atoms with Gasteiger partial charge in [0.15, 0.2) is 0 Å². The molecule has 0 aliphatic carbocycles. The average Bonchev–Trinajstić information content (AvgIpc) is 2.88. The SMILES string of the molecule is CCCC(NCC)c1ccc(-c2ccc(F)cc2Cl)s1. The summed E-state index contributed by atoms with van der Waals surface area (Å²) in [4.78, 5) is 2.40. The van der Waals surface area contributed by atoms with Gasteiger partial charge in [0.2, 0.25) is 0 Å². The van der Waals surface area contributed by atoms with E-state index >= 15 is 0 Å². The number of thiophene rings is 1. The Kier molecular flexibility index (Phi) is 5.58. The molecule has 1 heterocycles. The molecule has 0 saturated heterocycles. The van der Waals surface area contributed by atoms with Gasteiger partial charge in [-0.15, -0.1) is 11.3 Å². The average molecular weight is 312 g/mol. The van der Waals surface area contributed by atoms with Crippen molar-refractivity contribution in [3.63, 3.8) is 0 Å². The highest BCUT2D eigenvalue weighted by Gasteiger charge is 2.14. The Hall–Kier alpha value is -0.900. The topological polar surface area (TPSA) is 12.0 Å². The van der Waals surface area contributed by atoms with Gasteiger partial charge in [0.1, 0.15) is 5.82 Å². The lowest BCUT2D eigenvalue weighted by Gasteiger charge is -2.15. The lowest BCUT2D eigenvalue weighted by molar-refractivity contribution is 0.516. The first-order valence-corrected chi connectivity index (χ1v) is 8.13. The van der Waals surface area contributed by atoms with E-state index in [1.807, 2.05) is 0 Å². The Balaban J connectivity index is 2.27. The summed E-state index contributed by atoms with van der Waals surface area (Å²) in [6, 6.07) is 9.17. The minimum atomic E-state index is -0.299. The molecule has 0 bridgehead atoms. The molecule has 0 fully saturated rings. The van der Waals surface area contributed by atoms with Crippen molar-refractivity contribution in [3.8, 4) is 10.4 Å². The minimum absolute atomic E-state index is 0.299. The predicted molar refractivity (Wildman–Crippen MR) is 86.0 cm³/mol. The molecule has 1 atom stereocenters. The van der Waals surface area contributed by atoms with Crippen LogP contribution in [0, 0.1) is 5.82 Å². The fraction of sp³-hybridized carbons (Fsp3) is 0.375. The molecule has 0 radical (unpaired) electrons. The van der Waals surface area contributed by atoms with Gasteiger partial charge in [-0.05, 0) is 43.3 Å². The highest BCUT2D eigenvalue weighted by atomic mass is 35.5.